The van der Waals surface area contributed by atoms with E-state index in [1.807, 2.05) is 30.3 Å². The molecular formula is C20H18N2O4. The van der Waals surface area contributed by atoms with Crippen molar-refractivity contribution in [3.05, 3.63) is 65.2 Å². The monoisotopic (exact) mass is 350 g/mol. The number of benzene rings is 2. The van der Waals surface area contributed by atoms with Crippen molar-refractivity contribution < 1.29 is 19.1 Å². The Bertz CT molecular complexity index is 879. The molecule has 0 saturated carbocycles. The van der Waals surface area contributed by atoms with Crippen molar-refractivity contribution in [3.8, 4) is 0 Å². The van der Waals surface area contributed by atoms with Gasteiger partial charge in [-0.05, 0) is 23.8 Å². The number of rotatable bonds is 4. The van der Waals surface area contributed by atoms with E-state index >= 15 is 0 Å². The maximum Gasteiger partial charge on any atom is 0.338 e. The third kappa shape index (κ3) is 3.18. The van der Waals surface area contributed by atoms with E-state index in [1.165, 1.54) is 0 Å². The van der Waals surface area contributed by atoms with E-state index < -0.39 is 0 Å². The molecule has 0 aliphatic carbocycles. The summed E-state index contributed by atoms with van der Waals surface area (Å²) in [6.07, 6.45) is 0.213. The fourth-order valence-corrected chi connectivity index (χ4v) is 3.36. The van der Waals surface area contributed by atoms with Gasteiger partial charge in [-0.1, -0.05) is 30.3 Å². The van der Waals surface area contributed by atoms with Crippen molar-refractivity contribution >= 4 is 23.5 Å². The van der Waals surface area contributed by atoms with E-state index in [0.29, 0.717) is 24.3 Å². The second-order valence-electron chi connectivity index (χ2n) is 6.60. The Morgan fingerprint density at radius 1 is 1.15 bits per heavy atom. The highest BCUT2D eigenvalue weighted by atomic mass is 16.5. The second kappa shape index (κ2) is 6.63. The smallest absolute Gasteiger partial charge is 0.338 e. The molecule has 1 N–H and O–H groups in total. The Morgan fingerprint density at radius 2 is 1.96 bits per heavy atom. The summed E-state index contributed by atoms with van der Waals surface area (Å²) in [4.78, 5) is 38.0. The number of nitrogens with zero attached hydrogens (tertiary/aromatic N) is 1. The van der Waals surface area contributed by atoms with E-state index in [9.17, 15) is 14.4 Å². The molecule has 2 amide bonds. The van der Waals surface area contributed by atoms with Crippen molar-refractivity contribution in [2.75, 3.05) is 11.9 Å². The standard InChI is InChI=1S/C20H18N2O4/c23-18-9-14(11-22(18)10-13-4-2-1-3-5-13)19(24)21-16-6-7-17-15(8-16)12-26-20(17)25/h1-8,14H,9-12H2,(H,21,24)/t14-/m1/s1. The summed E-state index contributed by atoms with van der Waals surface area (Å²) in [5.41, 5.74) is 2.96. The van der Waals surface area contributed by atoms with Crippen LogP contribution in [-0.2, 0) is 27.5 Å². The molecule has 6 nitrogen and oxygen atoms in total. The molecule has 26 heavy (non-hydrogen) atoms. The summed E-state index contributed by atoms with van der Waals surface area (Å²) >= 11 is 0. The number of likely N-dealkylation sites (tertiary alicyclic amines) is 1. The normalized spacial score (nSPS) is 18.6. The number of hydrogen-bond acceptors (Lipinski definition) is 4. The largest absolute Gasteiger partial charge is 0.457 e. The van der Waals surface area contributed by atoms with Gasteiger partial charge in [0.05, 0.1) is 11.5 Å². The Hall–Kier alpha value is -3.15. The maximum atomic E-state index is 12.5. The number of ether oxygens (including phenoxy) is 1. The maximum absolute atomic E-state index is 12.5. The van der Waals surface area contributed by atoms with Crippen LogP contribution in [0.2, 0.25) is 0 Å². The molecule has 2 aromatic rings. The lowest BCUT2D eigenvalue weighted by Crippen LogP contribution is -2.28. The zero-order valence-electron chi connectivity index (χ0n) is 14.1. The first-order chi connectivity index (χ1) is 12.6. The molecule has 1 fully saturated rings. The van der Waals surface area contributed by atoms with Crippen LogP contribution in [0, 0.1) is 5.92 Å². The predicted molar refractivity (Wildman–Crippen MR) is 94.2 cm³/mol. The highest BCUT2D eigenvalue weighted by Gasteiger charge is 2.34. The minimum Gasteiger partial charge on any atom is -0.457 e. The van der Waals surface area contributed by atoms with E-state index in [-0.39, 0.29) is 36.7 Å². The Kier molecular flexibility index (Phi) is 4.16. The number of cyclic esters (lactones) is 1. The molecule has 0 spiro atoms. The SMILES string of the molecule is O=C1OCc2cc(NC(=O)[C@@H]3CC(=O)N(Cc4ccccc4)C3)ccc21. The van der Waals surface area contributed by atoms with Gasteiger partial charge in [-0.25, -0.2) is 4.79 Å². The number of carbonyl (C=O) groups is 3. The molecule has 2 heterocycles. The quantitative estimate of drug-likeness (QED) is 0.859. The predicted octanol–water partition coefficient (Wildman–Crippen LogP) is 2.34. The molecule has 1 atom stereocenters. The van der Waals surface area contributed by atoms with E-state index in [0.717, 1.165) is 11.1 Å². The summed E-state index contributed by atoms with van der Waals surface area (Å²) in [5, 5.41) is 2.85. The average molecular weight is 350 g/mol. The number of hydrogen-bond donors (Lipinski definition) is 1. The topological polar surface area (TPSA) is 75.7 Å². The van der Waals surface area contributed by atoms with Crippen molar-refractivity contribution in [3.63, 3.8) is 0 Å². The molecule has 2 aliphatic rings. The highest BCUT2D eigenvalue weighted by molar-refractivity contribution is 5.98. The second-order valence-corrected chi connectivity index (χ2v) is 6.60. The fourth-order valence-electron chi connectivity index (χ4n) is 3.36. The number of anilines is 1. The van der Waals surface area contributed by atoms with Crippen LogP contribution in [0.4, 0.5) is 5.69 Å². The van der Waals surface area contributed by atoms with Gasteiger partial charge in [-0.2, -0.15) is 0 Å². The summed E-state index contributed by atoms with van der Waals surface area (Å²) in [7, 11) is 0. The molecule has 0 radical (unpaired) electrons. The molecule has 2 aromatic carbocycles. The zero-order valence-corrected chi connectivity index (χ0v) is 14.1. The van der Waals surface area contributed by atoms with Crippen LogP contribution in [-0.4, -0.2) is 29.2 Å². The molecule has 0 unspecified atom stereocenters. The molecule has 0 aromatic heterocycles. The van der Waals surface area contributed by atoms with E-state index in [1.54, 1.807) is 23.1 Å². The van der Waals surface area contributed by atoms with Crippen LogP contribution in [0.3, 0.4) is 0 Å². The molecular weight excluding hydrogens is 332 g/mol. The molecule has 1 saturated heterocycles. The summed E-state index contributed by atoms with van der Waals surface area (Å²) in [6, 6.07) is 14.8. The third-order valence-corrected chi connectivity index (χ3v) is 4.75. The van der Waals surface area contributed by atoms with Crippen molar-refractivity contribution in [1.82, 2.24) is 4.90 Å². The molecule has 4 rings (SSSR count). The van der Waals surface area contributed by atoms with E-state index in [4.69, 9.17) is 4.74 Å². The van der Waals surface area contributed by atoms with Gasteiger partial charge in [0.15, 0.2) is 0 Å². The zero-order chi connectivity index (χ0) is 18.1. The highest BCUT2D eigenvalue weighted by Crippen LogP contribution is 2.25. The van der Waals surface area contributed by atoms with Gasteiger partial charge in [0.1, 0.15) is 6.61 Å². The number of fused-ring (bicyclic) bond motifs is 1. The van der Waals surface area contributed by atoms with Gasteiger partial charge in [0.25, 0.3) is 0 Å². The fraction of sp³-hybridized carbons (Fsp3) is 0.250. The first-order valence-corrected chi connectivity index (χ1v) is 8.53. The van der Waals surface area contributed by atoms with Crippen LogP contribution in [0.1, 0.15) is 27.9 Å². The van der Waals surface area contributed by atoms with Crippen LogP contribution < -0.4 is 5.32 Å². The number of nitrogens with one attached hydrogen (secondary N) is 1. The molecule has 0 bridgehead atoms. The van der Waals surface area contributed by atoms with Crippen molar-refractivity contribution in [1.29, 1.82) is 0 Å². The summed E-state index contributed by atoms with van der Waals surface area (Å²) in [6.45, 7) is 1.15. The van der Waals surface area contributed by atoms with Crippen LogP contribution in [0.25, 0.3) is 0 Å². The van der Waals surface area contributed by atoms with Crippen LogP contribution in [0.15, 0.2) is 48.5 Å². The van der Waals surface area contributed by atoms with Crippen LogP contribution >= 0.6 is 0 Å². The lowest BCUT2D eigenvalue weighted by molar-refractivity contribution is -0.128. The van der Waals surface area contributed by atoms with Gasteiger partial charge in [0.2, 0.25) is 11.8 Å². The minimum atomic E-state index is -0.377. The van der Waals surface area contributed by atoms with Gasteiger partial charge < -0.3 is 15.0 Å². The average Bonchev–Trinajstić information content (AvgIpc) is 3.19. The van der Waals surface area contributed by atoms with Gasteiger partial charge in [-0.15, -0.1) is 0 Å². The van der Waals surface area contributed by atoms with Gasteiger partial charge in [0, 0.05) is 30.8 Å². The molecule has 2 aliphatic heterocycles. The Balaban J connectivity index is 1.40. The Morgan fingerprint density at radius 3 is 2.77 bits per heavy atom. The minimum absolute atomic E-state index is 0.0121. The number of esters is 1. The third-order valence-electron chi connectivity index (χ3n) is 4.75. The van der Waals surface area contributed by atoms with Crippen molar-refractivity contribution in [2.24, 2.45) is 5.92 Å². The summed E-state index contributed by atoms with van der Waals surface area (Å²) in [5.74, 6) is -0.908. The van der Waals surface area contributed by atoms with Gasteiger partial charge >= 0.3 is 5.97 Å². The first kappa shape index (κ1) is 16.3. The first-order valence-electron chi connectivity index (χ1n) is 8.53. The lowest BCUT2D eigenvalue weighted by Gasteiger charge is -2.16. The Labute approximate surface area is 150 Å². The van der Waals surface area contributed by atoms with Gasteiger partial charge in [-0.3, -0.25) is 9.59 Å². The van der Waals surface area contributed by atoms with Crippen LogP contribution in [0.5, 0.6) is 0 Å². The summed E-state index contributed by atoms with van der Waals surface area (Å²) < 4.78 is 4.96. The van der Waals surface area contributed by atoms with Crippen molar-refractivity contribution in [2.45, 2.75) is 19.6 Å². The molecule has 132 valence electrons. The number of amides is 2. The number of carbonyl (C=O) groups excluding carboxylic acids is 3. The molecule has 6 heteroatoms. The van der Waals surface area contributed by atoms with E-state index in [2.05, 4.69) is 5.32 Å². The lowest BCUT2D eigenvalue weighted by atomic mass is 10.1.